The standard InChI is InChI=1S/C19H19Cl2NO2S/c20-15-6-7-16(21)17(12-15)25-13-18(23)24-19(8-10-22-11-9-19)14-4-2-1-3-5-14/h1-7,12,22H,8-11,13H2. The van der Waals surface area contributed by atoms with Crippen LogP contribution in [-0.2, 0) is 15.1 Å². The van der Waals surface area contributed by atoms with E-state index in [4.69, 9.17) is 27.9 Å². The van der Waals surface area contributed by atoms with Crippen molar-refractivity contribution in [3.8, 4) is 0 Å². The van der Waals surface area contributed by atoms with Crippen LogP contribution in [0.1, 0.15) is 18.4 Å². The van der Waals surface area contributed by atoms with Crippen LogP contribution in [0.2, 0.25) is 10.0 Å². The average Bonchev–Trinajstić information content (AvgIpc) is 2.64. The van der Waals surface area contributed by atoms with Crippen molar-refractivity contribution in [3.63, 3.8) is 0 Å². The maximum Gasteiger partial charge on any atom is 0.317 e. The molecule has 1 aliphatic rings. The lowest BCUT2D eigenvalue weighted by Gasteiger charge is -2.37. The predicted octanol–water partition coefficient (Wildman–Crippen LogP) is 4.91. The molecule has 2 aromatic rings. The Labute approximate surface area is 162 Å². The van der Waals surface area contributed by atoms with E-state index in [0.717, 1.165) is 36.4 Å². The molecule has 0 spiro atoms. The second-order valence-electron chi connectivity index (χ2n) is 5.95. The Balaban J connectivity index is 1.70. The first-order chi connectivity index (χ1) is 12.1. The number of ether oxygens (including phenoxy) is 1. The van der Waals surface area contributed by atoms with Crippen LogP contribution in [0.15, 0.2) is 53.4 Å². The van der Waals surface area contributed by atoms with Crippen molar-refractivity contribution in [2.45, 2.75) is 23.3 Å². The van der Waals surface area contributed by atoms with E-state index in [1.54, 1.807) is 18.2 Å². The lowest BCUT2D eigenvalue weighted by Crippen LogP contribution is -2.43. The van der Waals surface area contributed by atoms with Gasteiger partial charge >= 0.3 is 5.97 Å². The summed E-state index contributed by atoms with van der Waals surface area (Å²) in [5, 5.41) is 4.51. The number of esters is 1. The molecule has 6 heteroatoms. The van der Waals surface area contributed by atoms with Crippen molar-refractivity contribution < 1.29 is 9.53 Å². The average molecular weight is 396 g/mol. The van der Waals surface area contributed by atoms with E-state index in [1.807, 2.05) is 30.3 Å². The number of piperidine rings is 1. The highest BCUT2D eigenvalue weighted by Gasteiger charge is 2.37. The molecule has 1 heterocycles. The number of halogens is 2. The first kappa shape index (κ1) is 18.6. The Bertz CT molecular complexity index is 733. The molecule has 1 aliphatic heterocycles. The van der Waals surface area contributed by atoms with E-state index in [-0.39, 0.29) is 11.7 Å². The fraction of sp³-hybridized carbons (Fsp3) is 0.316. The van der Waals surface area contributed by atoms with E-state index < -0.39 is 5.60 Å². The van der Waals surface area contributed by atoms with Crippen molar-refractivity contribution in [3.05, 3.63) is 64.1 Å². The highest BCUT2D eigenvalue weighted by Crippen LogP contribution is 2.36. The van der Waals surface area contributed by atoms with Gasteiger partial charge in [-0.05, 0) is 36.9 Å². The van der Waals surface area contributed by atoms with Crippen LogP contribution in [-0.4, -0.2) is 24.8 Å². The lowest BCUT2D eigenvalue weighted by atomic mass is 9.85. The van der Waals surface area contributed by atoms with Crippen molar-refractivity contribution in [2.75, 3.05) is 18.8 Å². The number of rotatable bonds is 5. The number of hydrogen-bond donors (Lipinski definition) is 1. The van der Waals surface area contributed by atoms with Gasteiger partial charge in [0.25, 0.3) is 0 Å². The molecule has 0 aromatic heterocycles. The van der Waals surface area contributed by atoms with Gasteiger partial charge in [0.15, 0.2) is 0 Å². The van der Waals surface area contributed by atoms with Gasteiger partial charge in [-0.1, -0.05) is 53.5 Å². The minimum Gasteiger partial charge on any atom is -0.453 e. The summed E-state index contributed by atoms with van der Waals surface area (Å²) in [5.74, 6) is -0.0472. The maximum atomic E-state index is 12.5. The van der Waals surface area contributed by atoms with Crippen LogP contribution in [0.5, 0.6) is 0 Å². The Hall–Kier alpha value is -1.20. The molecule has 1 fully saturated rings. The highest BCUT2D eigenvalue weighted by atomic mass is 35.5. The number of benzene rings is 2. The fourth-order valence-electron chi connectivity index (χ4n) is 2.99. The molecule has 3 nitrogen and oxygen atoms in total. The quantitative estimate of drug-likeness (QED) is 0.576. The van der Waals surface area contributed by atoms with Gasteiger partial charge in [0.2, 0.25) is 0 Å². The maximum absolute atomic E-state index is 12.5. The first-order valence-electron chi connectivity index (χ1n) is 8.15. The zero-order chi connectivity index (χ0) is 17.7. The fourth-order valence-corrected chi connectivity index (χ4v) is 4.26. The minimum atomic E-state index is -0.553. The van der Waals surface area contributed by atoms with Crippen LogP contribution in [0, 0.1) is 0 Å². The van der Waals surface area contributed by atoms with Crippen LogP contribution >= 0.6 is 35.0 Å². The van der Waals surface area contributed by atoms with Crippen LogP contribution in [0.3, 0.4) is 0 Å². The molecule has 0 atom stereocenters. The second kappa shape index (κ2) is 8.45. The molecule has 0 unspecified atom stereocenters. The van der Waals surface area contributed by atoms with Gasteiger partial charge in [0.05, 0.1) is 10.8 Å². The molecule has 3 rings (SSSR count). The molecule has 1 N–H and O–H groups in total. The summed E-state index contributed by atoms with van der Waals surface area (Å²) in [6, 6.07) is 15.2. The third-order valence-electron chi connectivity index (χ3n) is 4.26. The molecule has 0 amide bonds. The van der Waals surface area contributed by atoms with Crippen molar-refractivity contribution in [1.29, 1.82) is 0 Å². The Morgan fingerprint density at radius 3 is 2.56 bits per heavy atom. The number of hydrogen-bond acceptors (Lipinski definition) is 4. The molecule has 0 bridgehead atoms. The highest BCUT2D eigenvalue weighted by molar-refractivity contribution is 8.00. The third kappa shape index (κ3) is 4.70. The Kier molecular flexibility index (Phi) is 6.29. The lowest BCUT2D eigenvalue weighted by molar-refractivity contribution is -0.160. The molecule has 25 heavy (non-hydrogen) atoms. The van der Waals surface area contributed by atoms with E-state index in [2.05, 4.69) is 5.32 Å². The van der Waals surface area contributed by atoms with Crippen LogP contribution < -0.4 is 5.32 Å². The number of carbonyl (C=O) groups is 1. The van der Waals surface area contributed by atoms with Gasteiger partial charge in [-0.3, -0.25) is 4.79 Å². The summed E-state index contributed by atoms with van der Waals surface area (Å²) in [4.78, 5) is 13.3. The molecule has 2 aromatic carbocycles. The van der Waals surface area contributed by atoms with Gasteiger partial charge < -0.3 is 10.1 Å². The van der Waals surface area contributed by atoms with E-state index >= 15 is 0 Å². The van der Waals surface area contributed by atoms with Gasteiger partial charge in [-0.15, -0.1) is 11.8 Å². The predicted molar refractivity (Wildman–Crippen MR) is 104 cm³/mol. The van der Waals surface area contributed by atoms with E-state index in [1.165, 1.54) is 11.8 Å². The smallest absolute Gasteiger partial charge is 0.317 e. The monoisotopic (exact) mass is 395 g/mol. The summed E-state index contributed by atoms with van der Waals surface area (Å²) in [6.45, 7) is 1.66. The molecule has 1 saturated heterocycles. The van der Waals surface area contributed by atoms with Crippen LogP contribution in [0.25, 0.3) is 0 Å². The topological polar surface area (TPSA) is 38.3 Å². The summed E-state index contributed by atoms with van der Waals surface area (Å²) in [6.07, 6.45) is 1.54. The molecular weight excluding hydrogens is 377 g/mol. The van der Waals surface area contributed by atoms with Crippen molar-refractivity contribution >= 4 is 40.9 Å². The zero-order valence-electron chi connectivity index (χ0n) is 13.6. The number of carbonyl (C=O) groups excluding carboxylic acids is 1. The molecular formula is C19H19Cl2NO2S. The summed E-state index contributed by atoms with van der Waals surface area (Å²) in [5.41, 5.74) is 0.498. The summed E-state index contributed by atoms with van der Waals surface area (Å²) < 4.78 is 5.98. The SMILES string of the molecule is O=C(CSc1cc(Cl)ccc1Cl)OC1(c2ccccc2)CCNCC1. The molecule has 132 valence electrons. The largest absolute Gasteiger partial charge is 0.453 e. The molecule has 0 radical (unpaired) electrons. The second-order valence-corrected chi connectivity index (χ2v) is 7.81. The summed E-state index contributed by atoms with van der Waals surface area (Å²) in [7, 11) is 0. The van der Waals surface area contributed by atoms with Gasteiger partial charge in [-0.2, -0.15) is 0 Å². The normalized spacial score (nSPS) is 16.4. The van der Waals surface area contributed by atoms with Gasteiger partial charge in [-0.25, -0.2) is 0 Å². The number of nitrogens with one attached hydrogen (secondary N) is 1. The Morgan fingerprint density at radius 2 is 1.84 bits per heavy atom. The third-order valence-corrected chi connectivity index (χ3v) is 5.96. The minimum absolute atomic E-state index is 0.197. The van der Waals surface area contributed by atoms with Crippen molar-refractivity contribution in [2.24, 2.45) is 0 Å². The molecule has 0 aliphatic carbocycles. The van der Waals surface area contributed by atoms with E-state index in [0.29, 0.717) is 10.0 Å². The van der Waals surface area contributed by atoms with E-state index in [9.17, 15) is 4.79 Å². The molecule has 0 saturated carbocycles. The number of thioether (sulfide) groups is 1. The van der Waals surface area contributed by atoms with Gasteiger partial charge in [0, 0.05) is 22.8 Å². The Morgan fingerprint density at radius 1 is 1.12 bits per heavy atom. The summed E-state index contributed by atoms with van der Waals surface area (Å²) >= 11 is 13.5. The van der Waals surface area contributed by atoms with Gasteiger partial charge in [0.1, 0.15) is 5.60 Å². The first-order valence-corrected chi connectivity index (χ1v) is 9.89. The van der Waals surface area contributed by atoms with Crippen LogP contribution in [0.4, 0.5) is 0 Å². The van der Waals surface area contributed by atoms with Crippen molar-refractivity contribution in [1.82, 2.24) is 5.32 Å². The zero-order valence-corrected chi connectivity index (χ0v) is 16.0.